The second-order valence-electron chi connectivity index (χ2n) is 7.86. The van der Waals surface area contributed by atoms with E-state index >= 15 is 0 Å². The molecule has 3 aromatic rings. The lowest BCUT2D eigenvalue weighted by molar-refractivity contribution is 0.0733. The second-order valence-corrected chi connectivity index (χ2v) is 8.30. The van der Waals surface area contributed by atoms with Crippen molar-refractivity contribution < 1.29 is 4.79 Å². The Balaban J connectivity index is 1.73. The summed E-state index contributed by atoms with van der Waals surface area (Å²) in [6.07, 6.45) is 0.732. The zero-order valence-electron chi connectivity index (χ0n) is 16.9. The molecule has 1 aromatic heterocycles. The van der Waals surface area contributed by atoms with E-state index in [1.165, 1.54) is 0 Å². The third kappa shape index (κ3) is 4.03. The van der Waals surface area contributed by atoms with Crippen molar-refractivity contribution in [3.8, 4) is 11.3 Å². The van der Waals surface area contributed by atoms with Gasteiger partial charge in [0.15, 0.2) is 0 Å². The van der Waals surface area contributed by atoms with Crippen LogP contribution in [-0.4, -0.2) is 27.3 Å². The predicted octanol–water partition coefficient (Wildman–Crippen LogP) is 5.43. The van der Waals surface area contributed by atoms with E-state index in [-0.39, 0.29) is 11.8 Å². The Morgan fingerprint density at radius 3 is 2.38 bits per heavy atom. The van der Waals surface area contributed by atoms with E-state index in [0.29, 0.717) is 23.7 Å². The number of fused-ring (bicyclic) bond motifs is 1. The van der Waals surface area contributed by atoms with Gasteiger partial charge in [-0.15, -0.1) is 0 Å². The molecule has 0 radical (unpaired) electrons. The number of carbonyl (C=O) groups is 1. The van der Waals surface area contributed by atoms with Gasteiger partial charge >= 0.3 is 0 Å². The minimum atomic E-state index is 0.0469. The monoisotopic (exact) mass is 405 g/mol. The van der Waals surface area contributed by atoms with Gasteiger partial charge in [-0.1, -0.05) is 55.3 Å². The molecule has 4 nitrogen and oxygen atoms in total. The minimum absolute atomic E-state index is 0.0469. The summed E-state index contributed by atoms with van der Waals surface area (Å²) in [5.74, 6) is 1.12. The highest BCUT2D eigenvalue weighted by Crippen LogP contribution is 2.31. The Labute approximate surface area is 176 Å². The van der Waals surface area contributed by atoms with Gasteiger partial charge in [0.05, 0.1) is 11.4 Å². The summed E-state index contributed by atoms with van der Waals surface area (Å²) >= 11 is 6.08. The average Bonchev–Trinajstić information content (AvgIpc) is 2.73. The molecule has 29 heavy (non-hydrogen) atoms. The summed E-state index contributed by atoms with van der Waals surface area (Å²) < 4.78 is 0. The second kappa shape index (κ2) is 7.96. The lowest BCUT2D eigenvalue weighted by Gasteiger charge is -2.30. The molecular weight excluding hydrogens is 382 g/mol. The van der Waals surface area contributed by atoms with Crippen LogP contribution in [0.3, 0.4) is 0 Å². The van der Waals surface area contributed by atoms with Gasteiger partial charge in [-0.05, 0) is 31.2 Å². The molecule has 5 heteroatoms. The van der Waals surface area contributed by atoms with Crippen LogP contribution < -0.4 is 0 Å². The van der Waals surface area contributed by atoms with Crippen LogP contribution in [-0.2, 0) is 13.0 Å². The first-order valence-electron chi connectivity index (χ1n) is 9.94. The van der Waals surface area contributed by atoms with Crippen LogP contribution in [0.5, 0.6) is 0 Å². The van der Waals surface area contributed by atoms with Crippen LogP contribution in [0.15, 0.2) is 48.5 Å². The molecule has 0 spiro atoms. The molecule has 0 atom stereocenters. The summed E-state index contributed by atoms with van der Waals surface area (Å²) in [7, 11) is 0. The summed E-state index contributed by atoms with van der Waals surface area (Å²) in [5, 5.41) is 0.692. The Bertz CT molecular complexity index is 1040. The number of carbonyl (C=O) groups excluding carboxylic acids is 1. The van der Waals surface area contributed by atoms with Crippen molar-refractivity contribution in [1.82, 2.24) is 14.9 Å². The van der Waals surface area contributed by atoms with Crippen molar-refractivity contribution in [2.24, 2.45) is 0 Å². The highest BCUT2D eigenvalue weighted by atomic mass is 35.5. The zero-order chi connectivity index (χ0) is 20.5. The number of amides is 1. The smallest absolute Gasteiger partial charge is 0.254 e. The number of benzene rings is 2. The van der Waals surface area contributed by atoms with Crippen LogP contribution in [0.1, 0.15) is 52.8 Å². The third-order valence-corrected chi connectivity index (χ3v) is 5.55. The standard InChI is InChI=1S/C24H24ClN3O/c1-15(2)23-26-21-12-13-28(24(29)18-6-4-16(3)5-7-18)14-20(21)22(27-23)17-8-10-19(25)11-9-17/h4-11,15H,12-14H2,1-3H3. The number of aryl methyl sites for hydroxylation is 1. The Hall–Kier alpha value is -2.72. The van der Waals surface area contributed by atoms with Crippen molar-refractivity contribution in [2.45, 2.75) is 39.7 Å². The first-order chi connectivity index (χ1) is 13.9. The summed E-state index contributed by atoms with van der Waals surface area (Å²) in [4.78, 5) is 24.6. The van der Waals surface area contributed by atoms with Gasteiger partial charge < -0.3 is 4.90 Å². The molecule has 2 heterocycles. The van der Waals surface area contributed by atoms with Gasteiger partial charge in [0.1, 0.15) is 5.82 Å². The first kappa shape index (κ1) is 19.6. The average molecular weight is 406 g/mol. The van der Waals surface area contributed by atoms with Gasteiger partial charge in [0.25, 0.3) is 5.91 Å². The van der Waals surface area contributed by atoms with Crippen molar-refractivity contribution >= 4 is 17.5 Å². The van der Waals surface area contributed by atoms with Crippen LogP contribution >= 0.6 is 11.6 Å². The molecule has 0 unspecified atom stereocenters. The van der Waals surface area contributed by atoms with E-state index in [4.69, 9.17) is 21.6 Å². The third-order valence-electron chi connectivity index (χ3n) is 5.30. The Kier molecular flexibility index (Phi) is 5.37. The van der Waals surface area contributed by atoms with Crippen LogP contribution in [0.4, 0.5) is 0 Å². The van der Waals surface area contributed by atoms with Gasteiger partial charge in [-0.3, -0.25) is 4.79 Å². The highest BCUT2D eigenvalue weighted by molar-refractivity contribution is 6.30. The number of aromatic nitrogens is 2. The molecule has 0 saturated carbocycles. The SMILES string of the molecule is Cc1ccc(C(=O)N2CCc3nc(C(C)C)nc(-c4ccc(Cl)cc4)c3C2)cc1. The molecule has 0 saturated heterocycles. The molecule has 0 bridgehead atoms. The number of rotatable bonds is 3. The topological polar surface area (TPSA) is 46.1 Å². The van der Waals surface area contributed by atoms with E-state index in [9.17, 15) is 4.79 Å². The minimum Gasteiger partial charge on any atom is -0.334 e. The summed E-state index contributed by atoms with van der Waals surface area (Å²) in [6.45, 7) is 7.40. The maximum Gasteiger partial charge on any atom is 0.254 e. The molecule has 148 valence electrons. The van der Waals surface area contributed by atoms with Crippen molar-refractivity contribution in [3.63, 3.8) is 0 Å². The van der Waals surface area contributed by atoms with E-state index < -0.39 is 0 Å². The number of hydrogen-bond donors (Lipinski definition) is 0. The largest absolute Gasteiger partial charge is 0.334 e. The molecule has 0 fully saturated rings. The molecule has 0 N–H and O–H groups in total. The fourth-order valence-corrected chi connectivity index (χ4v) is 3.72. The molecule has 1 aliphatic heterocycles. The molecule has 2 aromatic carbocycles. The number of hydrogen-bond acceptors (Lipinski definition) is 3. The van der Waals surface area contributed by atoms with E-state index in [0.717, 1.165) is 40.3 Å². The molecule has 4 rings (SSSR count). The first-order valence-corrected chi connectivity index (χ1v) is 10.3. The van der Waals surface area contributed by atoms with Gasteiger partial charge in [0, 0.05) is 47.1 Å². The Morgan fingerprint density at radius 1 is 1.03 bits per heavy atom. The van der Waals surface area contributed by atoms with Gasteiger partial charge in [-0.25, -0.2) is 9.97 Å². The van der Waals surface area contributed by atoms with E-state index in [2.05, 4.69) is 13.8 Å². The van der Waals surface area contributed by atoms with Crippen molar-refractivity contribution in [2.75, 3.05) is 6.54 Å². The van der Waals surface area contributed by atoms with Crippen LogP contribution in [0, 0.1) is 6.92 Å². The normalized spacial score (nSPS) is 13.5. The maximum absolute atomic E-state index is 13.1. The molecular formula is C24H24ClN3O. The van der Waals surface area contributed by atoms with E-state index in [1.54, 1.807) is 0 Å². The lowest BCUT2D eigenvalue weighted by atomic mass is 9.97. The van der Waals surface area contributed by atoms with Crippen molar-refractivity contribution in [3.05, 3.63) is 81.8 Å². The van der Waals surface area contributed by atoms with Crippen LogP contribution in [0.2, 0.25) is 5.02 Å². The van der Waals surface area contributed by atoms with E-state index in [1.807, 2.05) is 60.4 Å². The summed E-state index contributed by atoms with van der Waals surface area (Å²) in [6, 6.07) is 15.4. The fraction of sp³-hybridized carbons (Fsp3) is 0.292. The highest BCUT2D eigenvalue weighted by Gasteiger charge is 2.27. The Morgan fingerprint density at radius 2 is 1.72 bits per heavy atom. The fourth-order valence-electron chi connectivity index (χ4n) is 3.59. The van der Waals surface area contributed by atoms with Gasteiger partial charge in [0.2, 0.25) is 0 Å². The van der Waals surface area contributed by atoms with Crippen molar-refractivity contribution in [1.29, 1.82) is 0 Å². The maximum atomic E-state index is 13.1. The molecule has 0 aliphatic carbocycles. The van der Waals surface area contributed by atoms with Crippen LogP contribution in [0.25, 0.3) is 11.3 Å². The quantitative estimate of drug-likeness (QED) is 0.583. The predicted molar refractivity (Wildman–Crippen MR) is 116 cm³/mol. The number of nitrogens with zero attached hydrogens (tertiary/aromatic N) is 3. The number of halogens is 1. The lowest BCUT2D eigenvalue weighted by Crippen LogP contribution is -2.37. The zero-order valence-corrected chi connectivity index (χ0v) is 17.7. The summed E-state index contributed by atoms with van der Waals surface area (Å²) in [5.41, 5.74) is 5.83. The molecule has 1 aliphatic rings. The van der Waals surface area contributed by atoms with Gasteiger partial charge in [-0.2, -0.15) is 0 Å². The molecule has 1 amide bonds.